The van der Waals surface area contributed by atoms with E-state index < -0.39 is 26.6 Å². The predicted molar refractivity (Wildman–Crippen MR) is 98.5 cm³/mol. The molecule has 0 unspecified atom stereocenters. The average Bonchev–Trinajstić information content (AvgIpc) is 2.63. The minimum Gasteiger partial charge on any atom is -0.859 e. The molecule has 1 aromatic heterocycles. The van der Waals surface area contributed by atoms with Crippen LogP contribution in [0.25, 0.3) is 0 Å². The maximum absolute atomic E-state index is 10.9. The van der Waals surface area contributed by atoms with Crippen LogP contribution in [0.1, 0.15) is 17.3 Å². The first-order valence-electron chi connectivity index (χ1n) is 7.11. The fourth-order valence-corrected chi connectivity index (χ4v) is 2.16. The number of nitrogens with zero attached hydrogens (tertiary/aromatic N) is 4. The molecule has 14 heteroatoms. The largest absolute Gasteiger partial charge is 2.00 e. The molecule has 0 amide bonds. The summed E-state index contributed by atoms with van der Waals surface area (Å²) in [5, 5.41) is 25.7. The van der Waals surface area contributed by atoms with Gasteiger partial charge in [0.25, 0.3) is 0 Å². The molecule has 0 aliphatic carbocycles. The smallest absolute Gasteiger partial charge is 0.859 e. The van der Waals surface area contributed by atoms with E-state index in [0.29, 0.717) is 5.56 Å². The van der Waals surface area contributed by atoms with Gasteiger partial charge >= 0.3 is 17.1 Å². The van der Waals surface area contributed by atoms with Crippen LogP contribution in [0, 0.1) is 11.3 Å². The Balaban J connectivity index is -0.000000521. The molecule has 1 radical (unpaired) electrons. The number of ketones is 1. The molecule has 0 saturated carbocycles. The van der Waals surface area contributed by atoms with Crippen LogP contribution in [-0.4, -0.2) is 29.2 Å². The molecule has 0 spiro atoms. The Labute approximate surface area is 182 Å². The van der Waals surface area contributed by atoms with Crippen molar-refractivity contribution in [1.82, 2.24) is 4.98 Å². The first kappa shape index (κ1) is 31.5. The zero-order valence-corrected chi connectivity index (χ0v) is 17.1. The van der Waals surface area contributed by atoms with Crippen molar-refractivity contribution in [2.75, 3.05) is 0 Å². The number of aromatic nitrogens is 1. The van der Waals surface area contributed by atoms with Gasteiger partial charge < -0.3 is 26.3 Å². The second-order valence-corrected chi connectivity index (χ2v) is 6.09. The second kappa shape index (κ2) is 14.8. The molecule has 2 aromatic rings. The van der Waals surface area contributed by atoms with Gasteiger partial charge in [-0.15, -0.1) is 10.2 Å². The third-order valence-corrected chi connectivity index (χ3v) is 3.68. The van der Waals surface area contributed by atoms with Crippen molar-refractivity contribution in [3.05, 3.63) is 65.9 Å². The van der Waals surface area contributed by atoms with E-state index in [1.54, 1.807) is 24.5 Å². The first-order valence-corrected chi connectivity index (χ1v) is 8.52. The van der Waals surface area contributed by atoms with Crippen LogP contribution in [0.2, 0.25) is 0 Å². The van der Waals surface area contributed by atoms with Gasteiger partial charge in [0.2, 0.25) is 0 Å². The van der Waals surface area contributed by atoms with Crippen LogP contribution >= 0.6 is 0 Å². The Bertz CT molecular complexity index is 1020. The number of allylic oxidation sites excluding steroid dienone is 1. The summed E-state index contributed by atoms with van der Waals surface area (Å²) < 4.78 is 32.6. The number of pyridine rings is 1. The van der Waals surface area contributed by atoms with Crippen molar-refractivity contribution in [3.8, 4) is 6.07 Å². The zero-order valence-electron chi connectivity index (χ0n) is 15.3. The van der Waals surface area contributed by atoms with Gasteiger partial charge in [-0.1, -0.05) is 12.1 Å². The number of hydrogen-bond acceptors (Lipinski definition) is 10. The third-order valence-electron chi connectivity index (χ3n) is 2.80. The molecular weight excluding hydrogens is 470 g/mol. The molecule has 0 aliphatic rings. The molecule has 30 heavy (non-hydrogen) atoms. The fraction of sp³-hybridized carbons (Fsp3) is 0.0625. The van der Waals surface area contributed by atoms with Crippen LogP contribution in [0.5, 0.6) is 0 Å². The van der Waals surface area contributed by atoms with Crippen LogP contribution in [0.15, 0.2) is 75.5 Å². The Hall–Kier alpha value is -3.18. The van der Waals surface area contributed by atoms with E-state index in [0.717, 1.165) is 6.07 Å². The van der Waals surface area contributed by atoms with Crippen molar-refractivity contribution >= 4 is 21.6 Å². The van der Waals surface area contributed by atoms with E-state index in [2.05, 4.69) is 15.2 Å². The summed E-state index contributed by atoms with van der Waals surface area (Å²) in [5.74, 6) is -1.05. The third kappa shape index (κ3) is 10.4. The molecule has 165 valence electrons. The monoisotopic (exact) mass is 487 g/mol. The van der Waals surface area contributed by atoms with E-state index in [-0.39, 0.29) is 39.5 Å². The van der Waals surface area contributed by atoms with Crippen molar-refractivity contribution < 1.29 is 50.9 Å². The van der Waals surface area contributed by atoms with Gasteiger partial charge in [0, 0.05) is 18.0 Å². The van der Waals surface area contributed by atoms with Gasteiger partial charge in [-0.2, -0.15) is 5.26 Å². The zero-order chi connectivity index (χ0) is 20.4. The summed E-state index contributed by atoms with van der Waals surface area (Å²) in [4.78, 5) is 13.8. The molecule has 0 saturated heterocycles. The van der Waals surface area contributed by atoms with Crippen LogP contribution < -0.4 is 10.8 Å². The van der Waals surface area contributed by atoms with E-state index in [4.69, 9.17) is 11.0 Å². The van der Waals surface area contributed by atoms with Gasteiger partial charge in [-0.05, 0) is 37.1 Å². The summed E-state index contributed by atoms with van der Waals surface area (Å²) >= 11 is 0. The average molecular weight is 488 g/mol. The first-order chi connectivity index (χ1) is 12.7. The molecule has 0 bridgehead atoms. The van der Waals surface area contributed by atoms with Gasteiger partial charge in [-0.25, -0.2) is 8.42 Å². The topological polar surface area (TPSA) is 249 Å². The standard InChI is InChI=1S/C9H8N4O4S.C7H7NO.Cu.2H2O/c10-5-7(9(11)14)13-12-6-3-1-2-4-8(6)18(15,16)17;1-6(9)7-3-2-4-8-5-7;;;/h1-4,14H,11H2,(H,15,16,17);2-5H,1H3;;2*1H2/q;;+2;;/p-1/b9-7-,13-12?;;;;. The Kier molecular flexibility index (Phi) is 15.5. The van der Waals surface area contributed by atoms with E-state index in [1.807, 2.05) is 0 Å². The normalized spacial score (nSPS) is 10.6. The number of carbonyl (C=O) groups excluding carboxylic acids is 1. The van der Waals surface area contributed by atoms with Gasteiger partial charge in [0.15, 0.2) is 11.5 Å². The molecule has 12 nitrogen and oxygen atoms in total. The molecule has 0 atom stereocenters. The van der Waals surface area contributed by atoms with E-state index >= 15 is 0 Å². The maximum atomic E-state index is 10.9. The number of azo groups is 1. The summed E-state index contributed by atoms with van der Waals surface area (Å²) in [6.45, 7) is 1.52. The summed E-state index contributed by atoms with van der Waals surface area (Å²) in [6, 6.07) is 9.85. The Morgan fingerprint density at radius 3 is 2.23 bits per heavy atom. The Morgan fingerprint density at radius 1 is 1.23 bits per heavy atom. The van der Waals surface area contributed by atoms with Gasteiger partial charge in [0.1, 0.15) is 21.9 Å². The van der Waals surface area contributed by atoms with Crippen molar-refractivity contribution in [2.45, 2.75) is 11.8 Å². The fourth-order valence-electron chi connectivity index (χ4n) is 1.55. The number of carbonyl (C=O) groups is 1. The van der Waals surface area contributed by atoms with Crippen molar-refractivity contribution in [2.24, 2.45) is 16.0 Å². The van der Waals surface area contributed by atoms with Crippen LogP contribution in [-0.2, 0) is 32.7 Å². The van der Waals surface area contributed by atoms with Gasteiger partial charge in [-0.3, -0.25) is 9.78 Å². The minimum atomic E-state index is -4.72. The molecule has 0 fully saturated rings. The molecule has 0 aliphatic heterocycles. The minimum absolute atomic E-state index is 0. The molecule has 1 heterocycles. The number of benzene rings is 1. The number of hydrogen-bond donors (Lipinski definition) is 1. The van der Waals surface area contributed by atoms with Crippen molar-refractivity contribution in [1.29, 1.82) is 5.26 Å². The summed E-state index contributed by atoms with van der Waals surface area (Å²) in [5.41, 5.74) is 4.49. The van der Waals surface area contributed by atoms with Crippen molar-refractivity contribution in [3.63, 3.8) is 0 Å². The number of nitriles is 1. The van der Waals surface area contributed by atoms with Crippen LogP contribution in [0.3, 0.4) is 0 Å². The summed E-state index contributed by atoms with van der Waals surface area (Å²) in [7, 11) is -4.72. The van der Waals surface area contributed by atoms with Gasteiger partial charge in [0.05, 0.1) is 4.90 Å². The second-order valence-electron chi connectivity index (χ2n) is 4.74. The van der Waals surface area contributed by atoms with E-state index in [1.165, 1.54) is 31.2 Å². The molecule has 7 N–H and O–H groups in total. The molecular formula is C16H18CuN5O7S+. The predicted octanol–water partition coefficient (Wildman–Crippen LogP) is -0.779. The number of Topliss-reactive ketones (excluding diaryl/α,β-unsaturated/α-hetero) is 1. The van der Waals surface area contributed by atoms with Crippen LogP contribution in [0.4, 0.5) is 5.69 Å². The quantitative estimate of drug-likeness (QED) is 0.108. The SMILES string of the molecule is CC(=O)c1cccnc1.N#C/C(N=Nc1ccccc1S(=O)(=O)[O-])=C(\N)[O-].O.[Cu+2].[OH3+]. The molecule has 1 aromatic carbocycles. The molecule has 2 rings (SSSR count). The Morgan fingerprint density at radius 2 is 1.83 bits per heavy atom. The summed E-state index contributed by atoms with van der Waals surface area (Å²) in [6.07, 6.45) is 3.20. The maximum Gasteiger partial charge on any atom is 2.00 e. The number of rotatable bonds is 4. The van der Waals surface area contributed by atoms with E-state index in [9.17, 15) is 22.9 Å². The number of nitrogens with two attached hydrogens (primary N) is 1.